The van der Waals surface area contributed by atoms with Crippen molar-refractivity contribution in [3.63, 3.8) is 0 Å². The van der Waals surface area contributed by atoms with Crippen molar-refractivity contribution in [3.8, 4) is 5.75 Å². The van der Waals surface area contributed by atoms with Gasteiger partial charge in [-0.05, 0) is 67.8 Å². The van der Waals surface area contributed by atoms with E-state index in [1.807, 2.05) is 19.9 Å². The molecule has 0 aromatic heterocycles. The number of urea groups is 1. The van der Waals surface area contributed by atoms with Crippen LogP contribution in [0.15, 0.2) is 36.4 Å². The highest BCUT2D eigenvalue weighted by molar-refractivity contribution is 6.53. The summed E-state index contributed by atoms with van der Waals surface area (Å²) in [6.07, 6.45) is 0. The van der Waals surface area contributed by atoms with Gasteiger partial charge in [0.2, 0.25) is 0 Å². The van der Waals surface area contributed by atoms with Crippen LogP contribution >= 0.6 is 0 Å². The number of nitrogens with zero attached hydrogens (tertiary/aromatic N) is 2. The molecule has 0 spiro atoms. The summed E-state index contributed by atoms with van der Waals surface area (Å²) >= 11 is 0. The summed E-state index contributed by atoms with van der Waals surface area (Å²) in [7, 11) is 1.49. The Kier molecular flexibility index (Phi) is 5.00. The minimum absolute atomic E-state index is 0.237. The average molecular weight is 380 g/mol. The fourth-order valence-corrected chi connectivity index (χ4v) is 3.09. The van der Waals surface area contributed by atoms with Gasteiger partial charge in [0, 0.05) is 5.56 Å². The Balaban J connectivity index is 1.86. The number of rotatable bonds is 5. The van der Waals surface area contributed by atoms with Crippen LogP contribution in [0.1, 0.15) is 27.0 Å². The molecule has 0 atom stereocenters. The van der Waals surface area contributed by atoms with Crippen LogP contribution in [0.2, 0.25) is 0 Å². The predicted molar refractivity (Wildman–Crippen MR) is 103 cm³/mol. The summed E-state index contributed by atoms with van der Waals surface area (Å²) < 4.78 is 5.05. The van der Waals surface area contributed by atoms with Gasteiger partial charge in [-0.2, -0.15) is 0 Å². The Morgan fingerprint density at radius 1 is 0.893 bits per heavy atom. The summed E-state index contributed by atoms with van der Waals surface area (Å²) in [5.41, 5.74) is 3.40. The van der Waals surface area contributed by atoms with E-state index in [-0.39, 0.29) is 5.69 Å². The smallest absolute Gasteiger partial charge is 0.339 e. The molecule has 2 aromatic carbocycles. The number of imide groups is 2. The molecule has 1 aliphatic rings. The first-order valence-corrected chi connectivity index (χ1v) is 8.69. The van der Waals surface area contributed by atoms with E-state index in [0.29, 0.717) is 16.2 Å². The van der Waals surface area contributed by atoms with Crippen LogP contribution in [-0.4, -0.2) is 42.2 Å². The number of amides is 4. The molecule has 1 fully saturated rings. The molecule has 1 heterocycles. The molecule has 7 heteroatoms. The maximum atomic E-state index is 12.7. The number of hydrogen-bond donors (Lipinski definition) is 0. The molecular formula is C21H20N2O5. The first-order valence-electron chi connectivity index (χ1n) is 8.69. The van der Waals surface area contributed by atoms with Crippen molar-refractivity contribution >= 4 is 29.3 Å². The highest BCUT2D eigenvalue weighted by atomic mass is 16.5. The Morgan fingerprint density at radius 3 is 2.11 bits per heavy atom. The summed E-state index contributed by atoms with van der Waals surface area (Å²) in [5, 5.41) is 0. The van der Waals surface area contributed by atoms with Crippen LogP contribution in [0, 0.1) is 20.8 Å². The summed E-state index contributed by atoms with van der Waals surface area (Å²) in [5.74, 6) is -1.85. The molecule has 0 aliphatic carbocycles. The first-order chi connectivity index (χ1) is 13.2. The van der Waals surface area contributed by atoms with Crippen LogP contribution in [-0.2, 0) is 9.59 Å². The van der Waals surface area contributed by atoms with E-state index >= 15 is 0 Å². The topological polar surface area (TPSA) is 84.0 Å². The van der Waals surface area contributed by atoms with Crippen molar-refractivity contribution in [2.24, 2.45) is 0 Å². The summed E-state index contributed by atoms with van der Waals surface area (Å²) in [4.78, 5) is 51.5. The molecule has 0 unspecified atom stereocenters. The highest BCUT2D eigenvalue weighted by Gasteiger charge is 2.46. The van der Waals surface area contributed by atoms with E-state index in [1.165, 1.54) is 19.2 Å². The Bertz CT molecular complexity index is 995. The van der Waals surface area contributed by atoms with E-state index in [2.05, 4.69) is 0 Å². The number of carbonyl (C=O) groups is 4. The summed E-state index contributed by atoms with van der Waals surface area (Å²) in [6, 6.07) is 8.93. The molecule has 0 bridgehead atoms. The van der Waals surface area contributed by atoms with Gasteiger partial charge in [0.05, 0.1) is 19.3 Å². The third kappa shape index (κ3) is 3.26. The minimum atomic E-state index is -1.02. The zero-order chi connectivity index (χ0) is 20.6. The fraction of sp³-hybridized carbons (Fsp3) is 0.238. The number of ketones is 1. The number of carbonyl (C=O) groups excluding carboxylic acids is 4. The van der Waals surface area contributed by atoms with Crippen LogP contribution < -0.4 is 9.64 Å². The van der Waals surface area contributed by atoms with Crippen molar-refractivity contribution in [2.45, 2.75) is 20.8 Å². The van der Waals surface area contributed by atoms with Gasteiger partial charge in [-0.15, -0.1) is 0 Å². The number of ether oxygens (including phenoxy) is 1. The van der Waals surface area contributed by atoms with Gasteiger partial charge in [-0.3, -0.25) is 14.4 Å². The number of methoxy groups -OCH3 is 1. The van der Waals surface area contributed by atoms with Gasteiger partial charge >= 0.3 is 17.8 Å². The zero-order valence-corrected chi connectivity index (χ0v) is 16.1. The van der Waals surface area contributed by atoms with Crippen molar-refractivity contribution in [3.05, 3.63) is 58.7 Å². The second kappa shape index (κ2) is 7.26. The molecule has 28 heavy (non-hydrogen) atoms. The van der Waals surface area contributed by atoms with E-state index < -0.39 is 30.2 Å². The lowest BCUT2D eigenvalue weighted by Crippen LogP contribution is -2.37. The monoisotopic (exact) mass is 380 g/mol. The maximum Gasteiger partial charge on any atom is 0.339 e. The van der Waals surface area contributed by atoms with Gasteiger partial charge in [-0.1, -0.05) is 6.07 Å². The fourth-order valence-electron chi connectivity index (χ4n) is 3.09. The number of anilines is 1. The molecule has 0 saturated carbocycles. The SMILES string of the molecule is COc1ccc(N2C(=O)C(=O)N(CC(=O)c3cc(C)c(C)cc3C)C2=O)cc1. The van der Waals surface area contributed by atoms with E-state index in [1.54, 1.807) is 25.1 Å². The van der Waals surface area contributed by atoms with Gasteiger partial charge in [0.15, 0.2) is 5.78 Å². The molecule has 1 aliphatic heterocycles. The van der Waals surface area contributed by atoms with E-state index in [0.717, 1.165) is 21.6 Å². The molecule has 4 amide bonds. The highest BCUT2D eigenvalue weighted by Crippen LogP contribution is 2.25. The zero-order valence-electron chi connectivity index (χ0n) is 16.1. The van der Waals surface area contributed by atoms with Gasteiger partial charge < -0.3 is 4.74 Å². The van der Waals surface area contributed by atoms with Crippen molar-refractivity contribution in [1.29, 1.82) is 0 Å². The number of benzene rings is 2. The standard InChI is InChI=1S/C21H20N2O5/c1-12-9-14(3)17(10-13(12)2)18(24)11-22-19(25)20(26)23(21(22)27)15-5-7-16(28-4)8-6-15/h5-10H,11H2,1-4H3. The lowest BCUT2D eigenvalue weighted by atomic mass is 9.98. The van der Waals surface area contributed by atoms with Gasteiger partial charge in [0.25, 0.3) is 0 Å². The molecule has 2 aromatic rings. The number of Topliss-reactive ketones (excluding diaryl/α,β-unsaturated/α-hetero) is 1. The minimum Gasteiger partial charge on any atom is -0.497 e. The average Bonchev–Trinajstić information content (AvgIpc) is 2.88. The number of hydrogen-bond acceptors (Lipinski definition) is 5. The van der Waals surface area contributed by atoms with E-state index in [4.69, 9.17) is 4.74 Å². The second-order valence-electron chi connectivity index (χ2n) is 6.69. The summed E-state index contributed by atoms with van der Waals surface area (Å²) in [6.45, 7) is 5.13. The Morgan fingerprint density at radius 2 is 1.50 bits per heavy atom. The van der Waals surface area contributed by atoms with E-state index in [9.17, 15) is 19.2 Å². The molecule has 144 valence electrons. The lowest BCUT2D eigenvalue weighted by Gasteiger charge is -2.16. The third-order valence-corrected chi connectivity index (χ3v) is 4.83. The van der Waals surface area contributed by atoms with Crippen LogP contribution in [0.25, 0.3) is 0 Å². The van der Waals surface area contributed by atoms with Crippen LogP contribution in [0.4, 0.5) is 10.5 Å². The molecule has 0 N–H and O–H groups in total. The normalized spacial score (nSPS) is 14.1. The largest absolute Gasteiger partial charge is 0.497 e. The molecule has 0 radical (unpaired) electrons. The van der Waals surface area contributed by atoms with Crippen molar-refractivity contribution < 1.29 is 23.9 Å². The molecule has 7 nitrogen and oxygen atoms in total. The predicted octanol–water partition coefficient (Wildman–Crippen LogP) is 2.80. The van der Waals surface area contributed by atoms with Crippen molar-refractivity contribution in [1.82, 2.24) is 4.90 Å². The molecule has 1 saturated heterocycles. The van der Waals surface area contributed by atoms with Gasteiger partial charge in [-0.25, -0.2) is 14.6 Å². The second-order valence-corrected chi connectivity index (χ2v) is 6.69. The Hall–Kier alpha value is -3.48. The quantitative estimate of drug-likeness (QED) is 0.452. The Labute approximate surface area is 162 Å². The third-order valence-electron chi connectivity index (χ3n) is 4.83. The van der Waals surface area contributed by atoms with Crippen LogP contribution in [0.5, 0.6) is 5.75 Å². The van der Waals surface area contributed by atoms with Crippen LogP contribution in [0.3, 0.4) is 0 Å². The van der Waals surface area contributed by atoms with Crippen molar-refractivity contribution in [2.75, 3.05) is 18.6 Å². The van der Waals surface area contributed by atoms with Gasteiger partial charge in [0.1, 0.15) is 5.75 Å². The lowest BCUT2D eigenvalue weighted by molar-refractivity contribution is -0.139. The number of aryl methyl sites for hydroxylation is 3. The maximum absolute atomic E-state index is 12.7. The molecule has 3 rings (SSSR count). The molecular weight excluding hydrogens is 360 g/mol. The first kappa shape index (κ1) is 19.3.